The van der Waals surface area contributed by atoms with Crippen molar-refractivity contribution in [2.24, 2.45) is 4.99 Å². The molecule has 0 aliphatic carbocycles. The van der Waals surface area contributed by atoms with Gasteiger partial charge in [0.2, 0.25) is 0 Å². The van der Waals surface area contributed by atoms with Crippen molar-refractivity contribution in [1.82, 2.24) is 20.5 Å². The van der Waals surface area contributed by atoms with E-state index in [-0.39, 0.29) is 0 Å². The molecule has 0 aromatic carbocycles. The summed E-state index contributed by atoms with van der Waals surface area (Å²) in [6, 6.07) is 4.13. The summed E-state index contributed by atoms with van der Waals surface area (Å²) in [7, 11) is 4.27. The maximum atomic E-state index is 6.29. The summed E-state index contributed by atoms with van der Waals surface area (Å²) >= 11 is 6.29. The maximum absolute atomic E-state index is 6.29. The second-order valence-corrected chi connectivity index (χ2v) is 8.12. The lowest BCUT2D eigenvalue weighted by Gasteiger charge is -2.20. The Hall–Kier alpha value is -1.53. The summed E-state index contributed by atoms with van der Waals surface area (Å²) in [6.07, 6.45) is 9.17. The SMILES string of the molecule is CCNC(=NCCCCCCCN(C)C)NC1CCN(c2ncccc2Cl)C1. The molecule has 1 atom stereocenters. The largest absolute Gasteiger partial charge is 0.357 e. The second-order valence-electron chi connectivity index (χ2n) is 7.72. The average molecular weight is 409 g/mol. The summed E-state index contributed by atoms with van der Waals surface area (Å²) in [5, 5.41) is 7.67. The van der Waals surface area contributed by atoms with Crippen LogP contribution in [-0.4, -0.2) is 68.7 Å². The molecule has 158 valence electrons. The highest BCUT2D eigenvalue weighted by molar-refractivity contribution is 6.32. The number of hydrogen-bond acceptors (Lipinski definition) is 4. The number of pyridine rings is 1. The predicted molar refractivity (Wildman–Crippen MR) is 121 cm³/mol. The fourth-order valence-electron chi connectivity index (χ4n) is 3.45. The van der Waals surface area contributed by atoms with Crippen molar-refractivity contribution < 1.29 is 0 Å². The van der Waals surface area contributed by atoms with Crippen molar-refractivity contribution in [2.45, 2.75) is 51.5 Å². The van der Waals surface area contributed by atoms with E-state index < -0.39 is 0 Å². The first-order valence-corrected chi connectivity index (χ1v) is 11.0. The highest BCUT2D eigenvalue weighted by atomic mass is 35.5. The molecule has 1 aliphatic rings. The van der Waals surface area contributed by atoms with Crippen LogP contribution in [0.25, 0.3) is 0 Å². The van der Waals surface area contributed by atoms with E-state index in [9.17, 15) is 0 Å². The first-order valence-electron chi connectivity index (χ1n) is 10.6. The van der Waals surface area contributed by atoms with E-state index in [1.807, 2.05) is 12.1 Å². The molecule has 6 nitrogen and oxygen atoms in total. The molecule has 0 saturated carbocycles. The topological polar surface area (TPSA) is 55.8 Å². The molecule has 0 amide bonds. The molecule has 0 bridgehead atoms. The Balaban J connectivity index is 1.70. The van der Waals surface area contributed by atoms with Gasteiger partial charge in [-0.3, -0.25) is 4.99 Å². The van der Waals surface area contributed by atoms with Gasteiger partial charge in [0.25, 0.3) is 0 Å². The van der Waals surface area contributed by atoms with Crippen LogP contribution in [0.1, 0.15) is 45.4 Å². The Morgan fingerprint density at radius 2 is 2.07 bits per heavy atom. The third-order valence-electron chi connectivity index (χ3n) is 4.95. The molecule has 1 saturated heterocycles. The van der Waals surface area contributed by atoms with E-state index in [1.54, 1.807) is 6.20 Å². The molecule has 1 unspecified atom stereocenters. The third kappa shape index (κ3) is 8.23. The molecule has 0 radical (unpaired) electrons. The number of halogens is 1. The van der Waals surface area contributed by atoms with Gasteiger partial charge in [0.05, 0.1) is 5.02 Å². The number of nitrogens with one attached hydrogen (secondary N) is 2. The summed E-state index contributed by atoms with van der Waals surface area (Å²) in [5.74, 6) is 1.80. The molecule has 2 heterocycles. The van der Waals surface area contributed by atoms with Gasteiger partial charge in [0, 0.05) is 38.4 Å². The minimum Gasteiger partial charge on any atom is -0.357 e. The fraction of sp³-hybridized carbons (Fsp3) is 0.714. The molecule has 28 heavy (non-hydrogen) atoms. The second kappa shape index (κ2) is 12.8. The van der Waals surface area contributed by atoms with Gasteiger partial charge in [-0.25, -0.2) is 4.98 Å². The third-order valence-corrected chi connectivity index (χ3v) is 5.24. The number of guanidine groups is 1. The van der Waals surface area contributed by atoms with Crippen LogP contribution in [0.2, 0.25) is 5.02 Å². The molecule has 7 heteroatoms. The molecule has 0 spiro atoms. The minimum absolute atomic E-state index is 0.363. The predicted octanol–water partition coefficient (Wildman–Crippen LogP) is 3.38. The number of aliphatic imine (C=N–C) groups is 1. The lowest BCUT2D eigenvalue weighted by Crippen LogP contribution is -2.44. The lowest BCUT2D eigenvalue weighted by molar-refractivity contribution is 0.390. The summed E-state index contributed by atoms with van der Waals surface area (Å²) < 4.78 is 0. The van der Waals surface area contributed by atoms with Crippen LogP contribution >= 0.6 is 11.6 Å². The number of anilines is 1. The molecule has 1 aromatic rings. The Bertz CT molecular complexity index is 592. The molecular formula is C21H37ClN6. The van der Waals surface area contributed by atoms with Gasteiger partial charge in [-0.15, -0.1) is 0 Å². The van der Waals surface area contributed by atoms with Crippen molar-refractivity contribution in [1.29, 1.82) is 0 Å². The van der Waals surface area contributed by atoms with E-state index in [0.29, 0.717) is 11.1 Å². The van der Waals surface area contributed by atoms with Gasteiger partial charge in [-0.05, 0) is 59.0 Å². The minimum atomic E-state index is 0.363. The Morgan fingerprint density at radius 3 is 2.82 bits per heavy atom. The molecule has 1 aromatic heterocycles. The highest BCUT2D eigenvalue weighted by Gasteiger charge is 2.25. The highest BCUT2D eigenvalue weighted by Crippen LogP contribution is 2.25. The van der Waals surface area contributed by atoms with Gasteiger partial charge < -0.3 is 20.4 Å². The first-order chi connectivity index (χ1) is 13.6. The Labute approximate surface area is 175 Å². The molecule has 1 fully saturated rings. The van der Waals surface area contributed by atoms with Crippen molar-refractivity contribution >= 4 is 23.4 Å². The molecule has 2 N–H and O–H groups in total. The normalized spacial score (nSPS) is 17.4. The van der Waals surface area contributed by atoms with Crippen molar-refractivity contribution in [2.75, 3.05) is 51.7 Å². The van der Waals surface area contributed by atoms with Gasteiger partial charge in [0.1, 0.15) is 5.82 Å². The van der Waals surface area contributed by atoms with E-state index in [1.165, 1.54) is 32.2 Å². The summed E-state index contributed by atoms with van der Waals surface area (Å²) in [6.45, 7) is 6.91. The van der Waals surface area contributed by atoms with Crippen molar-refractivity contribution in [3.05, 3.63) is 23.4 Å². The standard InChI is InChI=1S/C21H37ClN6/c1-4-23-21(25-13-8-6-5-7-9-15-27(2)3)26-18-12-16-28(17-18)20-19(22)11-10-14-24-20/h10-11,14,18H,4-9,12-13,15-17H2,1-3H3,(H2,23,25,26). The van der Waals surface area contributed by atoms with Gasteiger partial charge in [0.15, 0.2) is 5.96 Å². The van der Waals surface area contributed by atoms with E-state index in [0.717, 1.165) is 50.8 Å². The Morgan fingerprint density at radius 1 is 1.29 bits per heavy atom. The van der Waals surface area contributed by atoms with Crippen LogP contribution in [0.5, 0.6) is 0 Å². The van der Waals surface area contributed by atoms with Crippen LogP contribution in [-0.2, 0) is 0 Å². The van der Waals surface area contributed by atoms with Crippen LogP contribution in [0, 0.1) is 0 Å². The first kappa shape index (κ1) is 22.8. The summed E-state index contributed by atoms with van der Waals surface area (Å²) in [4.78, 5) is 13.7. The smallest absolute Gasteiger partial charge is 0.191 e. The van der Waals surface area contributed by atoms with E-state index in [4.69, 9.17) is 16.6 Å². The van der Waals surface area contributed by atoms with Crippen molar-refractivity contribution in [3.63, 3.8) is 0 Å². The van der Waals surface area contributed by atoms with Crippen LogP contribution in [0.15, 0.2) is 23.3 Å². The molecular weight excluding hydrogens is 372 g/mol. The zero-order valence-corrected chi connectivity index (χ0v) is 18.5. The van der Waals surface area contributed by atoms with Gasteiger partial charge in [-0.2, -0.15) is 0 Å². The quantitative estimate of drug-likeness (QED) is 0.334. The average Bonchev–Trinajstić information content (AvgIpc) is 3.12. The Kier molecular flexibility index (Phi) is 10.4. The zero-order chi connectivity index (χ0) is 20.2. The number of hydrogen-bond donors (Lipinski definition) is 2. The van der Waals surface area contributed by atoms with Crippen molar-refractivity contribution in [3.8, 4) is 0 Å². The molecule has 1 aliphatic heterocycles. The van der Waals surface area contributed by atoms with Crippen LogP contribution in [0.3, 0.4) is 0 Å². The van der Waals surface area contributed by atoms with Crippen LogP contribution in [0.4, 0.5) is 5.82 Å². The molecule has 2 rings (SSSR count). The maximum Gasteiger partial charge on any atom is 0.191 e. The number of aromatic nitrogens is 1. The van der Waals surface area contributed by atoms with Crippen LogP contribution < -0.4 is 15.5 Å². The fourth-order valence-corrected chi connectivity index (χ4v) is 3.70. The zero-order valence-electron chi connectivity index (χ0n) is 17.8. The van der Waals surface area contributed by atoms with E-state index in [2.05, 4.69) is 46.4 Å². The number of rotatable bonds is 11. The van der Waals surface area contributed by atoms with E-state index >= 15 is 0 Å². The number of unbranched alkanes of at least 4 members (excludes halogenated alkanes) is 4. The summed E-state index contributed by atoms with van der Waals surface area (Å²) in [5.41, 5.74) is 0. The lowest BCUT2D eigenvalue weighted by atomic mass is 10.1. The van der Waals surface area contributed by atoms with Gasteiger partial charge >= 0.3 is 0 Å². The number of nitrogens with zero attached hydrogens (tertiary/aromatic N) is 4. The monoisotopic (exact) mass is 408 g/mol. The van der Waals surface area contributed by atoms with Gasteiger partial charge in [-0.1, -0.05) is 30.9 Å².